The van der Waals surface area contributed by atoms with Crippen molar-refractivity contribution in [2.75, 3.05) is 40.9 Å². The van der Waals surface area contributed by atoms with Gasteiger partial charge in [0.1, 0.15) is 13.2 Å². The van der Waals surface area contributed by atoms with Gasteiger partial charge in [-0.05, 0) is 51.4 Å². The Morgan fingerprint density at radius 3 is 1.15 bits per heavy atom. The molecule has 0 radical (unpaired) electrons. The van der Waals surface area contributed by atoms with Crippen LogP contribution in [0.4, 0.5) is 0 Å². The predicted molar refractivity (Wildman–Crippen MR) is 311 cm³/mol. The Morgan fingerprint density at radius 1 is 0.486 bits per heavy atom. The molecule has 2 N–H and O–H groups in total. The van der Waals surface area contributed by atoms with E-state index in [4.69, 9.17) is 9.05 Å². The number of nitrogens with one attached hydrogen (secondary N) is 1. The quantitative estimate of drug-likeness (QED) is 0.0272. The third-order valence-electron chi connectivity index (χ3n) is 14.3. The number of carbonyl (C=O) groups excluding carboxylic acids is 1. The standard InChI is InChI=1S/C63H123N2O6P/c1-6-8-10-12-14-16-18-19-20-21-22-23-24-25-26-27-28-29-30-31-32-33-34-35-36-37-38-39-40-41-42-43-44-45-47-49-51-53-55-57-63(67)64-61(60-71-72(68,69)70-59-58-65(3,4)5)62(66)56-54-52-50-48-46-17-15-13-11-9-7-2/h18-19,21-22,54,56,61-62,66H,6-17,20,23-53,55,57-60H2,1-5H3,(H-,64,67,68,69)/b19-18-,22-21-,56-54+. The van der Waals surface area contributed by atoms with Crippen LogP contribution in [0.3, 0.4) is 0 Å². The normalized spacial score (nSPS) is 14.0. The number of quaternary nitrogens is 1. The number of phosphoric ester groups is 1. The molecule has 3 unspecified atom stereocenters. The van der Waals surface area contributed by atoms with Crippen molar-refractivity contribution in [1.29, 1.82) is 0 Å². The summed E-state index contributed by atoms with van der Waals surface area (Å²) in [7, 11) is 1.27. The molecule has 0 rings (SSSR count). The van der Waals surface area contributed by atoms with Gasteiger partial charge in [0.15, 0.2) is 0 Å². The van der Waals surface area contributed by atoms with Gasteiger partial charge in [0, 0.05) is 6.42 Å². The largest absolute Gasteiger partial charge is 0.756 e. The Morgan fingerprint density at radius 2 is 0.806 bits per heavy atom. The number of hydrogen-bond donors (Lipinski definition) is 2. The Bertz CT molecular complexity index is 1270. The number of nitrogens with zero attached hydrogens (tertiary/aromatic N) is 1. The third-order valence-corrected chi connectivity index (χ3v) is 15.3. The average molecular weight is 1040 g/mol. The Labute approximate surface area is 448 Å². The molecule has 0 aromatic rings. The molecular weight excluding hydrogens is 912 g/mol. The van der Waals surface area contributed by atoms with Gasteiger partial charge in [-0.25, -0.2) is 0 Å². The highest BCUT2D eigenvalue weighted by molar-refractivity contribution is 7.45. The van der Waals surface area contributed by atoms with Crippen molar-refractivity contribution in [3.05, 3.63) is 36.5 Å². The molecule has 9 heteroatoms. The summed E-state index contributed by atoms with van der Waals surface area (Å²) in [5.41, 5.74) is 0. The number of amides is 1. The van der Waals surface area contributed by atoms with Gasteiger partial charge in [-0.2, -0.15) is 0 Å². The molecule has 0 aromatic heterocycles. The lowest BCUT2D eigenvalue weighted by molar-refractivity contribution is -0.870. The molecule has 426 valence electrons. The highest BCUT2D eigenvalue weighted by atomic mass is 31.2. The van der Waals surface area contributed by atoms with Crippen LogP contribution in [0.1, 0.15) is 309 Å². The minimum absolute atomic E-state index is 0.00102. The fraction of sp³-hybridized carbons (Fsp3) is 0.889. The highest BCUT2D eigenvalue weighted by Gasteiger charge is 2.23. The van der Waals surface area contributed by atoms with E-state index < -0.39 is 20.0 Å². The molecule has 0 saturated carbocycles. The molecule has 0 heterocycles. The van der Waals surface area contributed by atoms with E-state index in [1.807, 2.05) is 27.2 Å². The summed E-state index contributed by atoms with van der Waals surface area (Å²) < 4.78 is 23.3. The van der Waals surface area contributed by atoms with Crippen LogP contribution in [0.15, 0.2) is 36.5 Å². The second kappa shape index (κ2) is 54.5. The van der Waals surface area contributed by atoms with Gasteiger partial charge in [0.25, 0.3) is 7.82 Å². The van der Waals surface area contributed by atoms with Crippen molar-refractivity contribution in [1.82, 2.24) is 5.32 Å². The number of aliphatic hydroxyl groups is 1. The van der Waals surface area contributed by atoms with Gasteiger partial charge < -0.3 is 28.8 Å². The first-order chi connectivity index (χ1) is 35.0. The number of phosphoric acid groups is 1. The maximum atomic E-state index is 12.9. The second-order valence-electron chi connectivity index (χ2n) is 22.8. The highest BCUT2D eigenvalue weighted by Crippen LogP contribution is 2.38. The maximum Gasteiger partial charge on any atom is 0.268 e. The minimum atomic E-state index is -4.59. The molecule has 8 nitrogen and oxygen atoms in total. The van der Waals surface area contributed by atoms with Crippen molar-refractivity contribution in [2.24, 2.45) is 0 Å². The second-order valence-corrected chi connectivity index (χ2v) is 24.2. The first-order valence-electron chi connectivity index (χ1n) is 31.4. The van der Waals surface area contributed by atoms with Crippen molar-refractivity contribution >= 4 is 13.7 Å². The van der Waals surface area contributed by atoms with Crippen LogP contribution >= 0.6 is 7.82 Å². The Kier molecular flexibility index (Phi) is 53.5. The topological polar surface area (TPSA) is 108 Å². The average Bonchev–Trinajstić information content (AvgIpc) is 3.34. The minimum Gasteiger partial charge on any atom is -0.756 e. The van der Waals surface area contributed by atoms with Crippen LogP contribution in [0.2, 0.25) is 0 Å². The molecule has 0 aliphatic carbocycles. The van der Waals surface area contributed by atoms with Crippen molar-refractivity contribution < 1.29 is 32.9 Å². The smallest absolute Gasteiger partial charge is 0.268 e. The van der Waals surface area contributed by atoms with Gasteiger partial charge in [-0.3, -0.25) is 9.36 Å². The van der Waals surface area contributed by atoms with Crippen LogP contribution in [0, 0.1) is 0 Å². The Hall–Kier alpha value is -1.28. The van der Waals surface area contributed by atoms with Crippen LogP contribution in [0.5, 0.6) is 0 Å². The van der Waals surface area contributed by atoms with Crippen LogP contribution in [-0.2, 0) is 18.4 Å². The SMILES string of the molecule is CCCCCCC/C=C\C/C=C\CCCCCCCCCCCCCCCCCCCCCCCCCCCCCC(=O)NC(COP(=O)([O-])OCC[N+](C)(C)C)C(O)/C=C/CCCCCCCCCCC. The van der Waals surface area contributed by atoms with Gasteiger partial charge in [0.2, 0.25) is 5.91 Å². The number of aliphatic hydroxyl groups excluding tert-OH is 1. The van der Waals surface area contributed by atoms with Crippen LogP contribution < -0.4 is 10.2 Å². The van der Waals surface area contributed by atoms with Crippen LogP contribution in [-0.4, -0.2) is 68.5 Å². The number of carbonyl (C=O) groups is 1. The van der Waals surface area contributed by atoms with E-state index >= 15 is 0 Å². The van der Waals surface area contributed by atoms with Crippen molar-refractivity contribution in [2.45, 2.75) is 321 Å². The molecule has 0 aromatic carbocycles. The summed E-state index contributed by atoms with van der Waals surface area (Å²) in [6, 6.07) is -0.882. The molecule has 1 amide bonds. The van der Waals surface area contributed by atoms with Crippen molar-refractivity contribution in [3.8, 4) is 0 Å². The van der Waals surface area contributed by atoms with Gasteiger partial charge in [-0.1, -0.05) is 288 Å². The number of unbranched alkanes of at least 4 members (excludes halogenated alkanes) is 41. The lowest BCUT2D eigenvalue weighted by Crippen LogP contribution is -2.45. The number of likely N-dealkylation sites (N-methyl/N-ethyl adjacent to an activating group) is 1. The van der Waals surface area contributed by atoms with Crippen LogP contribution in [0.25, 0.3) is 0 Å². The van der Waals surface area contributed by atoms with Gasteiger partial charge in [-0.15, -0.1) is 0 Å². The number of hydrogen-bond acceptors (Lipinski definition) is 6. The zero-order valence-electron chi connectivity index (χ0n) is 48.6. The van der Waals surface area contributed by atoms with E-state index in [1.54, 1.807) is 6.08 Å². The molecule has 0 fully saturated rings. The van der Waals surface area contributed by atoms with E-state index in [9.17, 15) is 19.4 Å². The molecule has 0 spiro atoms. The molecular formula is C63H123N2O6P. The Balaban J connectivity index is 3.82. The summed E-state index contributed by atoms with van der Waals surface area (Å²) in [5, 5.41) is 13.8. The van der Waals surface area contributed by atoms with Gasteiger partial charge in [0.05, 0.1) is 39.9 Å². The van der Waals surface area contributed by atoms with E-state index in [2.05, 4.69) is 43.5 Å². The first-order valence-corrected chi connectivity index (χ1v) is 32.8. The van der Waals surface area contributed by atoms with Gasteiger partial charge >= 0.3 is 0 Å². The lowest BCUT2D eigenvalue weighted by atomic mass is 10.0. The summed E-state index contributed by atoms with van der Waals surface area (Å²) in [6.07, 6.45) is 71.3. The predicted octanol–water partition coefficient (Wildman–Crippen LogP) is 18.7. The van der Waals surface area contributed by atoms with E-state index in [1.165, 1.54) is 244 Å². The number of rotatable bonds is 58. The zero-order chi connectivity index (χ0) is 52.7. The monoisotopic (exact) mass is 1030 g/mol. The molecule has 0 aliphatic rings. The fourth-order valence-electron chi connectivity index (χ4n) is 9.42. The number of allylic oxidation sites excluding steroid dienone is 5. The lowest BCUT2D eigenvalue weighted by Gasteiger charge is -2.29. The zero-order valence-corrected chi connectivity index (χ0v) is 49.5. The third kappa shape index (κ3) is 56.4. The summed E-state index contributed by atoms with van der Waals surface area (Å²) >= 11 is 0. The summed E-state index contributed by atoms with van der Waals surface area (Å²) in [5.74, 6) is -0.193. The summed E-state index contributed by atoms with van der Waals surface area (Å²) in [4.78, 5) is 25.4. The molecule has 0 saturated heterocycles. The van der Waals surface area contributed by atoms with Crippen molar-refractivity contribution in [3.63, 3.8) is 0 Å². The molecule has 0 bridgehead atoms. The molecule has 0 aliphatic heterocycles. The molecule has 3 atom stereocenters. The molecule has 72 heavy (non-hydrogen) atoms. The first kappa shape index (κ1) is 70.7. The van der Waals surface area contributed by atoms with E-state index in [0.717, 1.165) is 44.9 Å². The maximum absolute atomic E-state index is 12.9. The van der Waals surface area contributed by atoms with E-state index in [-0.39, 0.29) is 19.1 Å². The summed E-state index contributed by atoms with van der Waals surface area (Å²) in [6.45, 7) is 4.65. The fourth-order valence-corrected chi connectivity index (χ4v) is 10.1. The van der Waals surface area contributed by atoms with E-state index in [0.29, 0.717) is 17.4 Å².